The number of halogens is 1. The largest absolute Gasteiger partial charge is 0.338 e. The lowest BCUT2D eigenvalue weighted by Gasteiger charge is -2.27. The van der Waals surface area contributed by atoms with E-state index in [0.717, 1.165) is 44.5 Å². The Morgan fingerprint density at radius 2 is 1.85 bits per heavy atom. The van der Waals surface area contributed by atoms with E-state index in [0.29, 0.717) is 51.2 Å². The zero-order chi connectivity index (χ0) is 28.0. The standard InChI is InChI=1S/C30H31ClN7OP/c1-33-28-23-16-38(17-24(23)28)22-9-6-19-5-8-21(13-20(19)7-10-22)35-30-34-15-25(31)29(37-30)36-26-11-4-18(14-32)12-27(26)40(2,3)39/h4-5,8,11-13,15,22-24,28H,6-7,9-10,16-17H2,2-3H3,(H2,34,35,36,37)/t22-,23?,24?,28?/m0/s1. The Balaban J connectivity index is 1.16. The van der Waals surface area contributed by atoms with Crippen molar-refractivity contribution in [3.63, 3.8) is 0 Å². The van der Waals surface area contributed by atoms with Gasteiger partial charge in [-0.15, -0.1) is 0 Å². The maximum absolute atomic E-state index is 12.9. The topological polar surface area (TPSA) is 98.3 Å². The predicted octanol–water partition coefficient (Wildman–Crippen LogP) is 5.83. The number of rotatable bonds is 6. The van der Waals surface area contributed by atoms with Crippen LogP contribution in [0.5, 0.6) is 0 Å². The van der Waals surface area contributed by atoms with Crippen molar-refractivity contribution < 1.29 is 4.57 Å². The first kappa shape index (κ1) is 26.8. The van der Waals surface area contributed by atoms with Crippen molar-refractivity contribution in [3.8, 4) is 6.07 Å². The average Bonchev–Trinajstić information content (AvgIpc) is 3.50. The summed E-state index contributed by atoms with van der Waals surface area (Å²) in [7, 11) is -2.68. The Kier molecular flexibility index (Phi) is 7.05. The molecule has 3 aliphatic rings. The number of piperidine rings is 1. The number of aryl methyl sites for hydroxylation is 2. The number of aromatic nitrogens is 2. The minimum atomic E-state index is -2.68. The summed E-state index contributed by atoms with van der Waals surface area (Å²) < 4.78 is 12.9. The highest BCUT2D eigenvalue weighted by Crippen LogP contribution is 2.49. The second kappa shape index (κ2) is 10.5. The highest BCUT2D eigenvalue weighted by molar-refractivity contribution is 7.70. The summed E-state index contributed by atoms with van der Waals surface area (Å²) in [5.41, 5.74) is 4.71. The monoisotopic (exact) mass is 571 g/mol. The van der Waals surface area contributed by atoms with Crippen LogP contribution >= 0.6 is 18.7 Å². The van der Waals surface area contributed by atoms with Crippen LogP contribution in [0.15, 0.2) is 42.6 Å². The Morgan fingerprint density at radius 3 is 2.55 bits per heavy atom. The normalized spacial score (nSPS) is 23.7. The number of nitrogens with zero attached hydrogens (tertiary/aromatic N) is 5. The Bertz CT molecular complexity index is 1590. The highest BCUT2D eigenvalue weighted by atomic mass is 35.5. The van der Waals surface area contributed by atoms with Gasteiger partial charge in [0.05, 0.1) is 35.4 Å². The van der Waals surface area contributed by atoms with Gasteiger partial charge in [0.2, 0.25) is 12.0 Å². The van der Waals surface area contributed by atoms with Gasteiger partial charge >= 0.3 is 0 Å². The summed E-state index contributed by atoms with van der Waals surface area (Å²) in [5.74, 6) is 2.00. The lowest BCUT2D eigenvalue weighted by molar-refractivity contribution is 0.199. The average molecular weight is 572 g/mol. The van der Waals surface area contributed by atoms with E-state index in [9.17, 15) is 9.83 Å². The van der Waals surface area contributed by atoms with Crippen molar-refractivity contribution in [2.75, 3.05) is 37.1 Å². The molecule has 2 unspecified atom stereocenters. The van der Waals surface area contributed by atoms with Crippen LogP contribution in [0.1, 0.15) is 29.5 Å². The van der Waals surface area contributed by atoms with Crippen LogP contribution < -0.4 is 15.9 Å². The molecule has 6 rings (SSSR count). The van der Waals surface area contributed by atoms with Gasteiger partial charge in [-0.25, -0.2) is 11.6 Å². The SMILES string of the molecule is [C-]#[N+]C1C2CN([C@H]3CCc4ccc(Nc5ncc(Cl)c(Nc6ccc(C#N)cc6P(C)(C)=O)n5)cc4CC3)CC21. The van der Waals surface area contributed by atoms with Crippen LogP contribution in [0.2, 0.25) is 5.02 Å². The molecule has 40 heavy (non-hydrogen) atoms. The van der Waals surface area contributed by atoms with Crippen molar-refractivity contribution in [2.45, 2.75) is 37.8 Å². The molecule has 1 saturated carbocycles. The molecule has 1 aromatic heterocycles. The van der Waals surface area contributed by atoms with E-state index in [4.69, 9.17) is 18.2 Å². The molecule has 0 bridgehead atoms. The molecule has 1 aliphatic heterocycles. The number of likely N-dealkylation sites (tertiary alicyclic amines) is 1. The summed E-state index contributed by atoms with van der Waals surface area (Å²) in [4.78, 5) is 15.4. The molecule has 2 aromatic carbocycles. The zero-order valence-corrected chi connectivity index (χ0v) is 24.2. The molecule has 3 aromatic rings. The van der Waals surface area contributed by atoms with Gasteiger partial charge in [0.1, 0.15) is 12.2 Å². The zero-order valence-electron chi connectivity index (χ0n) is 22.6. The van der Waals surface area contributed by atoms with Gasteiger partial charge in [-0.2, -0.15) is 10.2 Å². The van der Waals surface area contributed by atoms with Gasteiger partial charge in [0.15, 0.2) is 5.82 Å². The molecule has 2 heterocycles. The van der Waals surface area contributed by atoms with Crippen molar-refractivity contribution in [3.05, 3.63) is 75.7 Å². The molecule has 204 valence electrons. The van der Waals surface area contributed by atoms with Crippen molar-refractivity contribution >= 4 is 47.2 Å². The van der Waals surface area contributed by atoms with Gasteiger partial charge in [0, 0.05) is 30.1 Å². The smallest absolute Gasteiger partial charge is 0.232 e. The van der Waals surface area contributed by atoms with Crippen LogP contribution in [-0.4, -0.2) is 53.4 Å². The Hall–Kier alpha value is -3.42. The molecule has 3 atom stereocenters. The third-order valence-electron chi connectivity index (χ3n) is 8.50. The molecule has 2 N–H and O–H groups in total. The van der Waals surface area contributed by atoms with Gasteiger partial charge < -0.3 is 20.0 Å². The Labute approximate surface area is 240 Å². The van der Waals surface area contributed by atoms with Crippen LogP contribution in [0, 0.1) is 29.7 Å². The Morgan fingerprint density at radius 1 is 1.10 bits per heavy atom. The van der Waals surface area contributed by atoms with E-state index in [1.165, 1.54) is 17.3 Å². The van der Waals surface area contributed by atoms with Crippen LogP contribution in [-0.2, 0) is 17.4 Å². The number of anilines is 4. The number of fused-ring (bicyclic) bond motifs is 2. The first-order valence-electron chi connectivity index (χ1n) is 13.6. The lowest BCUT2D eigenvalue weighted by atomic mass is 10.0. The molecule has 10 heteroatoms. The van der Waals surface area contributed by atoms with Crippen molar-refractivity contribution in [1.29, 1.82) is 5.26 Å². The maximum Gasteiger partial charge on any atom is 0.232 e. The third-order valence-corrected chi connectivity index (χ3v) is 10.3. The van der Waals surface area contributed by atoms with E-state index < -0.39 is 7.14 Å². The summed E-state index contributed by atoms with van der Waals surface area (Å²) in [6, 6.07) is 14.5. The molecule has 8 nitrogen and oxygen atoms in total. The molecule has 2 aliphatic carbocycles. The van der Waals surface area contributed by atoms with E-state index in [1.807, 2.05) is 0 Å². The molecule has 1 saturated heterocycles. The van der Waals surface area contributed by atoms with E-state index in [2.05, 4.69) is 54.6 Å². The second-order valence-corrected chi connectivity index (χ2v) is 15.0. The third kappa shape index (κ3) is 5.32. The van der Waals surface area contributed by atoms with Crippen LogP contribution in [0.25, 0.3) is 4.85 Å². The lowest BCUT2D eigenvalue weighted by Crippen LogP contribution is -2.36. The molecule has 2 fully saturated rings. The second-order valence-electron chi connectivity index (χ2n) is 11.5. The van der Waals surface area contributed by atoms with E-state index in [-0.39, 0.29) is 6.04 Å². The molecule has 0 radical (unpaired) electrons. The van der Waals surface area contributed by atoms with Gasteiger partial charge in [-0.05, 0) is 80.5 Å². The van der Waals surface area contributed by atoms with E-state index in [1.54, 1.807) is 31.5 Å². The minimum Gasteiger partial charge on any atom is -0.338 e. The highest BCUT2D eigenvalue weighted by Gasteiger charge is 2.62. The van der Waals surface area contributed by atoms with Crippen LogP contribution in [0.3, 0.4) is 0 Å². The summed E-state index contributed by atoms with van der Waals surface area (Å²) in [6.07, 6.45) is 5.92. The molecular weight excluding hydrogens is 541 g/mol. The van der Waals surface area contributed by atoms with Crippen molar-refractivity contribution in [1.82, 2.24) is 14.9 Å². The maximum atomic E-state index is 12.9. The van der Waals surface area contributed by atoms with Gasteiger partial charge in [-0.3, -0.25) is 4.90 Å². The summed E-state index contributed by atoms with van der Waals surface area (Å²) in [6.45, 7) is 12.9. The number of nitrogens with one attached hydrogen (secondary N) is 2. The minimum absolute atomic E-state index is 0.282. The fourth-order valence-corrected chi connectivity index (χ4v) is 7.57. The summed E-state index contributed by atoms with van der Waals surface area (Å²) in [5, 5.41) is 16.7. The number of hydrogen-bond acceptors (Lipinski definition) is 7. The molecule has 0 amide bonds. The fraction of sp³-hybridized carbons (Fsp3) is 0.400. The first-order chi connectivity index (χ1) is 19.2. The molecule has 0 spiro atoms. The quantitative estimate of drug-likeness (QED) is 0.218. The summed E-state index contributed by atoms with van der Waals surface area (Å²) >= 11 is 6.43. The van der Waals surface area contributed by atoms with Crippen molar-refractivity contribution in [2.24, 2.45) is 11.8 Å². The number of benzene rings is 2. The van der Waals surface area contributed by atoms with Gasteiger partial charge in [0.25, 0.3) is 0 Å². The first-order valence-corrected chi connectivity index (χ1v) is 16.6. The van der Waals surface area contributed by atoms with E-state index >= 15 is 0 Å². The number of nitriles is 1. The predicted molar refractivity (Wildman–Crippen MR) is 160 cm³/mol. The van der Waals surface area contributed by atoms with Crippen LogP contribution in [0.4, 0.5) is 23.1 Å². The van der Waals surface area contributed by atoms with Gasteiger partial charge in [-0.1, -0.05) is 17.7 Å². The molecular formula is C30H31ClN7OP. The number of hydrogen-bond donors (Lipinski definition) is 2. The fourth-order valence-electron chi connectivity index (χ4n) is 6.28.